The SMILES string of the molecule is COc1ccccc1N1CCN(c2nc(-c3ccccc3)cc(=O)[nH]2)CC1. The molecule has 4 rings (SSSR count). The molecule has 0 unspecified atom stereocenters. The van der Waals surface area contributed by atoms with Crippen molar-refractivity contribution in [3.8, 4) is 17.0 Å². The largest absolute Gasteiger partial charge is 0.495 e. The van der Waals surface area contributed by atoms with Crippen LogP contribution in [0.15, 0.2) is 65.5 Å². The van der Waals surface area contributed by atoms with Gasteiger partial charge in [0.1, 0.15) is 5.75 Å². The summed E-state index contributed by atoms with van der Waals surface area (Å²) in [5, 5.41) is 0. The minimum Gasteiger partial charge on any atom is -0.495 e. The van der Waals surface area contributed by atoms with Crippen LogP contribution in [0.1, 0.15) is 0 Å². The van der Waals surface area contributed by atoms with Crippen LogP contribution in [0, 0.1) is 0 Å². The summed E-state index contributed by atoms with van der Waals surface area (Å²) in [6, 6.07) is 19.4. The van der Waals surface area contributed by atoms with Gasteiger partial charge in [0.15, 0.2) is 0 Å². The molecule has 1 aliphatic rings. The van der Waals surface area contributed by atoms with Crippen molar-refractivity contribution in [2.45, 2.75) is 0 Å². The van der Waals surface area contributed by atoms with Gasteiger partial charge in [0.25, 0.3) is 5.56 Å². The Bertz CT molecular complexity index is 963. The first-order valence-electron chi connectivity index (χ1n) is 9.04. The standard InChI is InChI=1S/C21H22N4O2/c1-27-19-10-6-5-9-18(19)24-11-13-25(14-12-24)21-22-17(15-20(26)23-21)16-7-3-2-4-8-16/h2-10,15H,11-14H2,1H3,(H,22,23,26). The van der Waals surface area contributed by atoms with Crippen LogP contribution in [0.4, 0.5) is 11.6 Å². The molecule has 138 valence electrons. The Morgan fingerprint density at radius 1 is 0.926 bits per heavy atom. The highest BCUT2D eigenvalue weighted by Crippen LogP contribution is 2.28. The number of nitrogens with zero attached hydrogens (tertiary/aromatic N) is 3. The molecule has 1 saturated heterocycles. The Morgan fingerprint density at radius 2 is 1.59 bits per heavy atom. The van der Waals surface area contributed by atoms with Gasteiger partial charge in [0.05, 0.1) is 18.5 Å². The van der Waals surface area contributed by atoms with Crippen LogP contribution in [0.2, 0.25) is 0 Å². The Morgan fingerprint density at radius 3 is 2.33 bits per heavy atom. The molecule has 2 aromatic carbocycles. The summed E-state index contributed by atoms with van der Waals surface area (Å²) in [6.07, 6.45) is 0. The highest BCUT2D eigenvalue weighted by atomic mass is 16.5. The van der Waals surface area contributed by atoms with Crippen molar-refractivity contribution < 1.29 is 4.74 Å². The number of hydrogen-bond acceptors (Lipinski definition) is 5. The molecule has 1 fully saturated rings. The zero-order valence-corrected chi connectivity index (χ0v) is 15.3. The van der Waals surface area contributed by atoms with E-state index in [1.165, 1.54) is 0 Å². The van der Waals surface area contributed by atoms with Gasteiger partial charge in [-0.3, -0.25) is 9.78 Å². The minimum atomic E-state index is -0.133. The molecule has 6 heteroatoms. The summed E-state index contributed by atoms with van der Waals surface area (Å²) in [7, 11) is 1.69. The number of methoxy groups -OCH3 is 1. The molecule has 3 aromatic rings. The normalized spacial score (nSPS) is 14.3. The monoisotopic (exact) mass is 362 g/mol. The highest BCUT2D eigenvalue weighted by Gasteiger charge is 2.21. The van der Waals surface area contributed by atoms with Crippen molar-refractivity contribution in [3.63, 3.8) is 0 Å². The first-order chi connectivity index (χ1) is 13.2. The van der Waals surface area contributed by atoms with E-state index in [4.69, 9.17) is 4.74 Å². The van der Waals surface area contributed by atoms with Gasteiger partial charge in [-0.1, -0.05) is 42.5 Å². The van der Waals surface area contributed by atoms with Crippen LogP contribution >= 0.6 is 0 Å². The molecular weight excluding hydrogens is 340 g/mol. The number of piperazine rings is 1. The van der Waals surface area contributed by atoms with Crippen LogP contribution in [0.3, 0.4) is 0 Å². The maximum atomic E-state index is 12.1. The van der Waals surface area contributed by atoms with E-state index < -0.39 is 0 Å². The van der Waals surface area contributed by atoms with E-state index in [-0.39, 0.29) is 5.56 Å². The molecular formula is C21H22N4O2. The summed E-state index contributed by atoms with van der Waals surface area (Å²) in [6.45, 7) is 3.22. The lowest BCUT2D eigenvalue weighted by Crippen LogP contribution is -2.47. The third kappa shape index (κ3) is 3.65. The molecule has 1 aromatic heterocycles. The predicted molar refractivity (Wildman–Crippen MR) is 108 cm³/mol. The van der Waals surface area contributed by atoms with E-state index in [9.17, 15) is 4.79 Å². The van der Waals surface area contributed by atoms with E-state index in [1.807, 2.05) is 48.5 Å². The molecule has 1 N–H and O–H groups in total. The van der Waals surface area contributed by atoms with Crippen LogP contribution in [-0.2, 0) is 0 Å². The average molecular weight is 362 g/mol. The highest BCUT2D eigenvalue weighted by molar-refractivity contribution is 5.61. The summed E-state index contributed by atoms with van der Waals surface area (Å²) in [5.41, 5.74) is 2.60. The molecule has 0 radical (unpaired) electrons. The van der Waals surface area contributed by atoms with Crippen molar-refractivity contribution in [3.05, 3.63) is 71.0 Å². The van der Waals surface area contributed by atoms with Crippen molar-refractivity contribution in [1.29, 1.82) is 0 Å². The molecule has 0 amide bonds. The van der Waals surface area contributed by atoms with Gasteiger partial charge in [-0.25, -0.2) is 4.98 Å². The summed E-state index contributed by atoms with van der Waals surface area (Å²) in [5.74, 6) is 1.50. The Hall–Kier alpha value is -3.28. The van der Waals surface area contributed by atoms with E-state index >= 15 is 0 Å². The Balaban J connectivity index is 1.53. The van der Waals surface area contributed by atoms with Crippen molar-refractivity contribution >= 4 is 11.6 Å². The lowest BCUT2D eigenvalue weighted by Gasteiger charge is -2.36. The summed E-state index contributed by atoms with van der Waals surface area (Å²) in [4.78, 5) is 24.1. The smallest absolute Gasteiger partial charge is 0.252 e. The number of anilines is 2. The molecule has 6 nitrogen and oxygen atoms in total. The van der Waals surface area contributed by atoms with E-state index in [1.54, 1.807) is 13.2 Å². The van der Waals surface area contributed by atoms with Gasteiger partial charge in [0.2, 0.25) is 5.95 Å². The van der Waals surface area contributed by atoms with Gasteiger partial charge in [-0.15, -0.1) is 0 Å². The third-order valence-electron chi connectivity index (χ3n) is 4.80. The van der Waals surface area contributed by atoms with Crippen molar-refractivity contribution in [1.82, 2.24) is 9.97 Å². The lowest BCUT2D eigenvalue weighted by atomic mass is 10.1. The van der Waals surface area contributed by atoms with Gasteiger partial charge < -0.3 is 14.5 Å². The number of aromatic nitrogens is 2. The molecule has 0 spiro atoms. The molecule has 0 aliphatic carbocycles. The van der Waals surface area contributed by atoms with E-state index in [2.05, 4.69) is 25.8 Å². The summed E-state index contributed by atoms with van der Waals surface area (Å²) >= 11 is 0. The van der Waals surface area contributed by atoms with Crippen LogP contribution in [0.25, 0.3) is 11.3 Å². The fourth-order valence-corrected chi connectivity index (χ4v) is 3.40. The number of aromatic amines is 1. The van der Waals surface area contributed by atoms with E-state index in [0.717, 1.165) is 43.2 Å². The Kier molecular flexibility index (Phi) is 4.78. The van der Waals surface area contributed by atoms with Gasteiger partial charge in [-0.2, -0.15) is 0 Å². The average Bonchev–Trinajstić information content (AvgIpc) is 2.74. The predicted octanol–water partition coefficient (Wildman–Crippen LogP) is 2.77. The maximum absolute atomic E-state index is 12.1. The van der Waals surface area contributed by atoms with Gasteiger partial charge in [-0.05, 0) is 12.1 Å². The fourth-order valence-electron chi connectivity index (χ4n) is 3.40. The molecule has 0 atom stereocenters. The second-order valence-electron chi connectivity index (χ2n) is 6.47. The zero-order chi connectivity index (χ0) is 18.6. The zero-order valence-electron chi connectivity index (χ0n) is 15.3. The molecule has 1 aliphatic heterocycles. The topological polar surface area (TPSA) is 61.5 Å². The molecule has 2 heterocycles. The second kappa shape index (κ2) is 7.53. The number of hydrogen-bond donors (Lipinski definition) is 1. The number of para-hydroxylation sites is 2. The molecule has 0 saturated carbocycles. The fraction of sp³-hybridized carbons (Fsp3) is 0.238. The van der Waals surface area contributed by atoms with Gasteiger partial charge in [0, 0.05) is 37.8 Å². The van der Waals surface area contributed by atoms with E-state index in [0.29, 0.717) is 11.6 Å². The van der Waals surface area contributed by atoms with Gasteiger partial charge >= 0.3 is 0 Å². The maximum Gasteiger partial charge on any atom is 0.252 e. The lowest BCUT2D eigenvalue weighted by molar-refractivity contribution is 0.413. The third-order valence-corrected chi connectivity index (χ3v) is 4.80. The number of H-pyrrole nitrogens is 1. The van der Waals surface area contributed by atoms with Crippen LogP contribution in [-0.4, -0.2) is 43.3 Å². The van der Waals surface area contributed by atoms with Crippen molar-refractivity contribution in [2.75, 3.05) is 43.1 Å². The number of nitrogens with one attached hydrogen (secondary N) is 1. The number of rotatable bonds is 4. The van der Waals surface area contributed by atoms with Crippen LogP contribution in [0.5, 0.6) is 5.75 Å². The first kappa shape index (κ1) is 17.1. The Labute approximate surface area is 158 Å². The van der Waals surface area contributed by atoms with Crippen LogP contribution < -0.4 is 20.1 Å². The number of benzene rings is 2. The van der Waals surface area contributed by atoms with Crippen molar-refractivity contribution in [2.24, 2.45) is 0 Å². The molecule has 27 heavy (non-hydrogen) atoms. The number of ether oxygens (including phenoxy) is 1. The second-order valence-corrected chi connectivity index (χ2v) is 6.47. The minimum absolute atomic E-state index is 0.133. The molecule has 0 bridgehead atoms. The summed E-state index contributed by atoms with van der Waals surface area (Å²) < 4.78 is 5.48. The quantitative estimate of drug-likeness (QED) is 0.773. The first-order valence-corrected chi connectivity index (χ1v) is 9.04.